The van der Waals surface area contributed by atoms with Gasteiger partial charge < -0.3 is 39.9 Å². The minimum Gasteiger partial charge on any atom is -0.305 e. The van der Waals surface area contributed by atoms with Crippen LogP contribution in [-0.2, 0) is 86.8 Å². The van der Waals surface area contributed by atoms with Gasteiger partial charge in [-0.15, -0.1) is 287 Å². The zero-order valence-corrected chi connectivity index (χ0v) is 84.1. The van der Waals surface area contributed by atoms with Gasteiger partial charge in [-0.2, -0.15) is 0 Å². The summed E-state index contributed by atoms with van der Waals surface area (Å²) in [6.07, 6.45) is 10.9. The van der Waals surface area contributed by atoms with Crippen molar-refractivity contribution in [2.45, 2.75) is 47.8 Å². The molecule has 0 fully saturated rings. The Morgan fingerprint density at radius 2 is 0.511 bits per heavy atom. The largest absolute Gasteiger partial charge is 0.305 e. The van der Waals surface area contributed by atoms with E-state index in [1.807, 2.05) is 372 Å². The van der Waals surface area contributed by atoms with E-state index >= 15 is 0 Å². The second-order valence-corrected chi connectivity index (χ2v) is 29.9. The van der Waals surface area contributed by atoms with Gasteiger partial charge in [0.15, 0.2) is 0 Å². The van der Waals surface area contributed by atoms with Gasteiger partial charge in [0, 0.05) is 159 Å². The van der Waals surface area contributed by atoms with Crippen molar-refractivity contribution in [2.24, 2.45) is 0 Å². The Bertz CT molecular complexity index is 7030. The van der Waals surface area contributed by atoms with E-state index in [2.05, 4.69) is 169 Å². The van der Waals surface area contributed by atoms with Crippen LogP contribution in [0.15, 0.2) is 462 Å². The molecule has 0 saturated heterocycles. The average Bonchev–Trinajstić information content (AvgIpc) is 0.777. The summed E-state index contributed by atoms with van der Waals surface area (Å²) in [7, 11) is 0. The topological polar surface area (TPSA) is 103 Å². The first-order valence-electron chi connectivity index (χ1n) is 45.9. The first-order valence-corrected chi connectivity index (χ1v) is 42.9. The normalized spacial score (nSPS) is 10.8. The second-order valence-electron chi connectivity index (χ2n) is 29.9. The fourth-order valence-electron chi connectivity index (χ4n) is 14.0. The van der Waals surface area contributed by atoms with Gasteiger partial charge in [-0.25, -0.2) is 0 Å². The van der Waals surface area contributed by atoms with Gasteiger partial charge in [0.2, 0.25) is 0 Å². The Balaban J connectivity index is 0.000000167. The molecule has 8 aromatic heterocycles. The van der Waals surface area contributed by atoms with Crippen molar-refractivity contribution in [3.63, 3.8) is 0 Å². The van der Waals surface area contributed by atoms with Gasteiger partial charge in [0.05, 0.1) is 0 Å². The van der Waals surface area contributed by atoms with Gasteiger partial charge in [-0.1, -0.05) is 207 Å². The number of nitrogens with zero attached hydrogens (tertiary/aromatic N) is 8. The molecule has 8 nitrogen and oxygen atoms in total. The number of aromatic nitrogens is 8. The zero-order valence-electron chi connectivity index (χ0n) is 80.5. The van der Waals surface area contributed by atoms with E-state index in [1.165, 1.54) is 44.2 Å². The molecule has 0 aliphatic rings. The van der Waals surface area contributed by atoms with Crippen LogP contribution in [0.25, 0.3) is 145 Å². The predicted octanol–water partition coefficient (Wildman–Crippen LogP) is 30.3. The van der Waals surface area contributed by atoms with Crippen molar-refractivity contribution >= 4 is 10.8 Å². The Morgan fingerprint density at radius 3 is 0.837 bits per heavy atom. The Kier molecular flexibility index (Phi) is 38.6. The molecule has 0 bridgehead atoms. The predicted molar refractivity (Wildman–Crippen MR) is 540 cm³/mol. The summed E-state index contributed by atoms with van der Waals surface area (Å²) in [5.41, 5.74) is 28.8. The van der Waals surface area contributed by atoms with Crippen molar-refractivity contribution in [3.8, 4) is 135 Å². The summed E-state index contributed by atoms with van der Waals surface area (Å²) < 4.78 is 46.3. The van der Waals surface area contributed by atoms with Crippen molar-refractivity contribution in [1.82, 2.24) is 39.9 Å². The molecule has 0 unspecified atom stereocenters. The maximum atomic E-state index is 7.82. The SMILES string of the molecule is Cc1cc(-c2[c-]cccc2)ncc1-c1ccc2ccccc2c1.Cc1cc(-c2[c-]cccc2)ncc1-c1ccccc1.Cc1cccc(-c2[c-]cccc2)n1.Cc1cccc(-c2[c-]cccc2)n1.[2H]C([2H])([2H])Cc1cc(-c2[c-]cccc2)ncc1-c1ccccc1.[2H]C([2H])([2H])c1cc(-c2[c-]cccc2)ncc1-c1ccccc1.[Ir].[Ir].[Ir].[Ir].[c-]1ccccc1-c1ccccn1.[c-]1ccccc1-c1ccccn1. The minimum absolute atomic E-state index is 0. The molecule has 0 spiro atoms. The maximum absolute atomic E-state index is 7.82. The van der Waals surface area contributed by atoms with Gasteiger partial charge in [0.1, 0.15) is 0 Å². The molecule has 0 N–H and O–H groups in total. The molecule has 135 heavy (non-hydrogen) atoms. The van der Waals surface area contributed by atoms with Crippen LogP contribution in [0.4, 0.5) is 0 Å². The molecule has 21 rings (SSSR count). The maximum Gasteiger partial charge on any atom is 0.0280 e. The molecule has 13 aromatic carbocycles. The van der Waals surface area contributed by atoms with Crippen molar-refractivity contribution < 1.29 is 88.6 Å². The van der Waals surface area contributed by atoms with Gasteiger partial charge >= 0.3 is 0 Å². The van der Waals surface area contributed by atoms with E-state index in [1.54, 1.807) is 36.9 Å². The van der Waals surface area contributed by atoms with E-state index in [4.69, 9.17) is 8.22 Å². The number of aryl methyl sites for hydroxylation is 6. The molecular formula is C123H96Ir4N8-8. The van der Waals surface area contributed by atoms with Crippen LogP contribution in [0, 0.1) is 83.1 Å². The quantitative estimate of drug-likeness (QED) is 0.105. The van der Waals surface area contributed by atoms with Crippen LogP contribution >= 0.6 is 0 Å². The molecule has 0 saturated carbocycles. The van der Waals surface area contributed by atoms with Crippen LogP contribution in [0.2, 0.25) is 0 Å². The molecule has 8 heterocycles. The van der Waals surface area contributed by atoms with Crippen molar-refractivity contribution in [1.29, 1.82) is 0 Å². The Morgan fingerprint density at radius 1 is 0.222 bits per heavy atom. The average molecular weight is 2460 g/mol. The van der Waals surface area contributed by atoms with Crippen LogP contribution in [0.1, 0.15) is 48.7 Å². The molecule has 0 amide bonds. The fourth-order valence-corrected chi connectivity index (χ4v) is 14.0. The molecule has 0 atom stereocenters. The number of rotatable bonds is 13. The number of hydrogen-bond donors (Lipinski definition) is 0. The first kappa shape index (κ1) is 94.1. The van der Waals surface area contributed by atoms with Crippen LogP contribution < -0.4 is 0 Å². The van der Waals surface area contributed by atoms with Gasteiger partial charge in [0.25, 0.3) is 0 Å². The number of fused-ring (bicyclic) bond motifs is 1. The number of benzene rings is 13. The summed E-state index contributed by atoms with van der Waals surface area (Å²) in [4.78, 5) is 35.4. The Hall–Kier alpha value is -14.1. The fraction of sp³-hybridized carbons (Fsp3) is 0.0569. The smallest absolute Gasteiger partial charge is 0.0280 e. The van der Waals surface area contributed by atoms with Gasteiger partial charge in [-0.05, 0) is 172 Å². The standard InChI is InChI=1S/C22H16N.C19H16N.2C18H14N.2C12H10N.2C11H8N.4Ir/c1-16-13-22(18-8-3-2-4-9-18)23-15-21(16)20-12-11-17-7-5-6-10-19(17)14-20;1-2-15-13-19(17-11-7-4-8-12-17)20-14-18(15)16-9-5-3-6-10-16;2*1-14-12-18(16-10-6-3-7-11-16)19-13-17(14)15-8-4-2-5-9-15;2*1-10-6-5-9-12(13-10)11-7-3-2-4-8-11;2*1-2-6-10(7-3-1)11-8-4-5-9-12-11;;;;/h2-8,10-15H,1H3;3-11,13-14H,2H2,1H3;2*2-10,12-13H,1H3;2*2-7,9H,1H3;2*1-6,8-9H;;;;/q8*-1;;;;/i;2*1D3;;;;;;;;;. The monoisotopic (exact) mass is 2460 g/mol. The minimum atomic E-state index is -2.20. The summed E-state index contributed by atoms with van der Waals surface area (Å²) in [5, 5.41) is 2.52. The number of hydrogen-bond acceptors (Lipinski definition) is 8. The van der Waals surface area contributed by atoms with Crippen molar-refractivity contribution in [2.75, 3.05) is 0 Å². The molecule has 4 radical (unpaired) electrons. The van der Waals surface area contributed by atoms with Crippen LogP contribution in [0.3, 0.4) is 0 Å². The summed E-state index contributed by atoms with van der Waals surface area (Å²) in [5.74, 6) is 0. The van der Waals surface area contributed by atoms with E-state index < -0.39 is 13.7 Å². The molecule has 12 heteroatoms. The number of pyridine rings is 8. The molecule has 21 aromatic rings. The first-order chi connectivity index (χ1) is 66.9. The molecule has 672 valence electrons. The van der Waals surface area contributed by atoms with E-state index in [9.17, 15) is 0 Å². The third-order valence-electron chi connectivity index (χ3n) is 20.6. The zero-order chi connectivity index (χ0) is 95.2. The van der Waals surface area contributed by atoms with E-state index in [0.717, 1.165) is 118 Å². The third kappa shape index (κ3) is 31.0. The van der Waals surface area contributed by atoms with Gasteiger partial charge in [-0.3, -0.25) is 0 Å². The van der Waals surface area contributed by atoms with Crippen LogP contribution in [-0.4, -0.2) is 39.9 Å². The van der Waals surface area contributed by atoms with Crippen molar-refractivity contribution in [3.05, 3.63) is 544 Å². The molecular weight excluding hydrogens is 2360 g/mol. The van der Waals surface area contributed by atoms with E-state index in [0.29, 0.717) is 16.8 Å². The summed E-state index contributed by atoms with van der Waals surface area (Å²) in [6, 6.07) is 163. The van der Waals surface area contributed by atoms with Crippen LogP contribution in [0.5, 0.6) is 0 Å². The molecule has 0 aliphatic heterocycles. The third-order valence-corrected chi connectivity index (χ3v) is 20.6. The summed E-state index contributed by atoms with van der Waals surface area (Å²) >= 11 is 0. The molecule has 0 aliphatic carbocycles. The second kappa shape index (κ2) is 55.4. The summed E-state index contributed by atoms with van der Waals surface area (Å²) in [6.45, 7) is 4.02. The Labute approximate surface area is 858 Å². The van der Waals surface area contributed by atoms with E-state index in [-0.39, 0.29) is 86.8 Å².